The molecule has 0 spiro atoms. The summed E-state index contributed by atoms with van der Waals surface area (Å²) in [5, 5.41) is 1.08. The van der Waals surface area contributed by atoms with E-state index in [1.54, 1.807) is 6.07 Å². The average Bonchev–Trinajstić information content (AvgIpc) is 3.43. The zero-order chi connectivity index (χ0) is 25.5. The van der Waals surface area contributed by atoms with Crippen molar-refractivity contribution in [1.82, 2.24) is 9.88 Å². The number of nitrogens with zero attached hydrogens (tertiary/aromatic N) is 2. The fourth-order valence-corrected chi connectivity index (χ4v) is 6.30. The van der Waals surface area contributed by atoms with Crippen LogP contribution in [0.15, 0.2) is 70.3 Å². The molecule has 2 bridgehead atoms. The highest BCUT2D eigenvalue weighted by molar-refractivity contribution is 7.98. The zero-order valence-corrected chi connectivity index (χ0v) is 21.3. The molecular formula is C28H23ClF2N2O3S. The first-order valence-corrected chi connectivity index (χ1v) is 13.5. The second-order valence-electron chi connectivity index (χ2n) is 9.44. The van der Waals surface area contributed by atoms with Crippen LogP contribution >= 0.6 is 23.4 Å². The van der Waals surface area contributed by atoms with Crippen LogP contribution in [-0.2, 0) is 5.75 Å². The second kappa shape index (κ2) is 9.99. The summed E-state index contributed by atoms with van der Waals surface area (Å²) in [7, 11) is 0. The number of carbonyl (C=O) groups excluding carboxylic acids is 1. The largest absolute Gasteiger partial charge is 0.487 e. The number of thioether (sulfide) groups is 1. The first kappa shape index (κ1) is 24.2. The number of benzene rings is 3. The van der Waals surface area contributed by atoms with Crippen molar-refractivity contribution in [3.63, 3.8) is 0 Å². The molecule has 3 aromatic carbocycles. The van der Waals surface area contributed by atoms with E-state index in [0.29, 0.717) is 40.0 Å². The van der Waals surface area contributed by atoms with Crippen LogP contribution < -0.4 is 4.74 Å². The van der Waals surface area contributed by atoms with Crippen molar-refractivity contribution < 1.29 is 22.7 Å². The SMILES string of the molecule is O=C(c1ccc(CSc2nc3cccc(Cl)c3o2)cc1)N1C2CCC1CC(Oc1ccc(F)cc1F)C2. The number of aromatic nitrogens is 1. The third-order valence-corrected chi connectivity index (χ3v) is 8.22. The lowest BCUT2D eigenvalue weighted by atomic mass is 9.98. The van der Waals surface area contributed by atoms with Gasteiger partial charge in [0.2, 0.25) is 0 Å². The van der Waals surface area contributed by atoms with Gasteiger partial charge < -0.3 is 14.1 Å². The fraction of sp³-hybridized carbons (Fsp3) is 0.286. The van der Waals surface area contributed by atoms with Gasteiger partial charge in [-0.05, 0) is 54.8 Å². The summed E-state index contributed by atoms with van der Waals surface area (Å²) < 4.78 is 38.9. The van der Waals surface area contributed by atoms with Crippen molar-refractivity contribution >= 4 is 40.4 Å². The Morgan fingerprint density at radius 1 is 1.08 bits per heavy atom. The minimum Gasteiger partial charge on any atom is -0.487 e. The van der Waals surface area contributed by atoms with Gasteiger partial charge in [-0.3, -0.25) is 4.79 Å². The predicted molar refractivity (Wildman–Crippen MR) is 138 cm³/mol. The molecule has 2 fully saturated rings. The number of hydrogen-bond acceptors (Lipinski definition) is 5. The summed E-state index contributed by atoms with van der Waals surface area (Å²) >= 11 is 7.64. The molecule has 0 N–H and O–H groups in total. The summed E-state index contributed by atoms with van der Waals surface area (Å²) in [5.41, 5.74) is 3.00. The minimum atomic E-state index is -0.705. The van der Waals surface area contributed by atoms with Gasteiger partial charge in [0.1, 0.15) is 17.4 Å². The van der Waals surface area contributed by atoms with E-state index in [-0.39, 0.29) is 29.8 Å². The molecule has 2 aliphatic heterocycles. The number of fused-ring (bicyclic) bond motifs is 3. The van der Waals surface area contributed by atoms with Crippen molar-refractivity contribution in [3.8, 4) is 5.75 Å². The number of ether oxygens (including phenoxy) is 1. The van der Waals surface area contributed by atoms with Crippen LogP contribution in [0.2, 0.25) is 5.02 Å². The molecular weight excluding hydrogens is 518 g/mol. The van der Waals surface area contributed by atoms with Crippen molar-refractivity contribution in [2.45, 2.75) is 54.8 Å². The van der Waals surface area contributed by atoms with Gasteiger partial charge in [0, 0.05) is 42.3 Å². The van der Waals surface area contributed by atoms with Crippen LogP contribution in [0.1, 0.15) is 41.6 Å². The number of oxazole rings is 1. The second-order valence-corrected chi connectivity index (χ2v) is 10.8. The van der Waals surface area contributed by atoms with Crippen molar-refractivity contribution in [1.29, 1.82) is 0 Å². The lowest BCUT2D eigenvalue weighted by molar-refractivity contribution is 0.0349. The van der Waals surface area contributed by atoms with Crippen molar-refractivity contribution in [2.24, 2.45) is 0 Å². The molecule has 0 aliphatic carbocycles. The Kier molecular flexibility index (Phi) is 6.55. The number of rotatable bonds is 6. The van der Waals surface area contributed by atoms with Crippen LogP contribution in [0.4, 0.5) is 8.78 Å². The summed E-state index contributed by atoms with van der Waals surface area (Å²) in [6.07, 6.45) is 2.84. The van der Waals surface area contributed by atoms with E-state index >= 15 is 0 Å². The van der Waals surface area contributed by atoms with E-state index < -0.39 is 11.6 Å². The molecule has 4 aromatic rings. The molecule has 2 unspecified atom stereocenters. The maximum atomic E-state index is 14.0. The number of halogens is 3. The van der Waals surface area contributed by atoms with Gasteiger partial charge in [0.25, 0.3) is 11.1 Å². The molecule has 2 atom stereocenters. The standard InChI is InChI=1S/C28H23ClF2N2O3S/c29-22-2-1-3-24-26(22)36-28(32-24)37-15-16-4-6-17(7-5-16)27(34)33-19-9-10-20(33)14-21(13-19)35-25-11-8-18(30)12-23(25)31/h1-8,11-12,19-21H,9-10,13-15H2. The van der Waals surface area contributed by atoms with Gasteiger partial charge in [0.15, 0.2) is 17.1 Å². The van der Waals surface area contributed by atoms with E-state index in [1.807, 2.05) is 41.3 Å². The first-order chi connectivity index (χ1) is 17.9. The van der Waals surface area contributed by atoms with Crippen LogP contribution in [0.3, 0.4) is 0 Å². The van der Waals surface area contributed by atoms with E-state index in [0.717, 1.165) is 30.0 Å². The molecule has 3 heterocycles. The van der Waals surface area contributed by atoms with Crippen molar-refractivity contribution in [3.05, 3.63) is 88.4 Å². The maximum absolute atomic E-state index is 14.0. The average molecular weight is 541 g/mol. The molecule has 5 nitrogen and oxygen atoms in total. The van der Waals surface area contributed by atoms with E-state index in [1.165, 1.54) is 23.9 Å². The molecule has 2 saturated heterocycles. The molecule has 0 radical (unpaired) electrons. The number of piperidine rings is 1. The highest BCUT2D eigenvalue weighted by Gasteiger charge is 2.44. The molecule has 1 aromatic heterocycles. The monoisotopic (exact) mass is 540 g/mol. The lowest BCUT2D eigenvalue weighted by Gasteiger charge is -2.39. The third kappa shape index (κ3) is 4.92. The topological polar surface area (TPSA) is 55.6 Å². The van der Waals surface area contributed by atoms with E-state index in [4.69, 9.17) is 20.8 Å². The lowest BCUT2D eigenvalue weighted by Crippen LogP contribution is -2.49. The molecule has 190 valence electrons. The maximum Gasteiger partial charge on any atom is 0.257 e. The van der Waals surface area contributed by atoms with Gasteiger partial charge in [-0.15, -0.1) is 0 Å². The normalized spacial score (nSPS) is 20.9. The summed E-state index contributed by atoms with van der Waals surface area (Å²) in [4.78, 5) is 19.8. The Morgan fingerprint density at radius 3 is 2.54 bits per heavy atom. The Bertz CT molecular complexity index is 1450. The van der Waals surface area contributed by atoms with Gasteiger partial charge in [-0.1, -0.05) is 41.6 Å². The molecule has 0 saturated carbocycles. The highest BCUT2D eigenvalue weighted by atomic mass is 35.5. The zero-order valence-electron chi connectivity index (χ0n) is 19.7. The summed E-state index contributed by atoms with van der Waals surface area (Å²) in [6, 6.07) is 16.5. The minimum absolute atomic E-state index is 0.00621. The summed E-state index contributed by atoms with van der Waals surface area (Å²) in [6.45, 7) is 0. The van der Waals surface area contributed by atoms with Crippen LogP contribution in [0.5, 0.6) is 5.75 Å². The van der Waals surface area contributed by atoms with Gasteiger partial charge >= 0.3 is 0 Å². The Balaban J connectivity index is 1.08. The number of para-hydroxylation sites is 1. The highest BCUT2D eigenvalue weighted by Crippen LogP contribution is 2.39. The Labute approximate surface area is 221 Å². The number of hydrogen-bond donors (Lipinski definition) is 0. The first-order valence-electron chi connectivity index (χ1n) is 12.2. The van der Waals surface area contributed by atoms with Crippen LogP contribution in [0.25, 0.3) is 11.1 Å². The smallest absolute Gasteiger partial charge is 0.257 e. The fourth-order valence-electron chi connectivity index (χ4n) is 5.30. The number of amides is 1. The molecule has 2 aliphatic rings. The Hall–Kier alpha value is -3.10. The van der Waals surface area contributed by atoms with Crippen LogP contribution in [0, 0.1) is 11.6 Å². The van der Waals surface area contributed by atoms with Gasteiger partial charge in [-0.25, -0.2) is 13.8 Å². The van der Waals surface area contributed by atoms with Gasteiger partial charge in [0.05, 0.1) is 5.02 Å². The molecule has 37 heavy (non-hydrogen) atoms. The Morgan fingerprint density at radius 2 is 1.84 bits per heavy atom. The van der Waals surface area contributed by atoms with E-state index in [2.05, 4.69) is 4.98 Å². The van der Waals surface area contributed by atoms with Crippen molar-refractivity contribution in [2.75, 3.05) is 0 Å². The molecule has 1 amide bonds. The van der Waals surface area contributed by atoms with E-state index in [9.17, 15) is 13.6 Å². The molecule has 9 heteroatoms. The van der Waals surface area contributed by atoms with Gasteiger partial charge in [-0.2, -0.15) is 0 Å². The summed E-state index contributed by atoms with van der Waals surface area (Å²) in [5.74, 6) is -0.630. The van der Waals surface area contributed by atoms with Crippen LogP contribution in [-0.4, -0.2) is 34.0 Å². The predicted octanol–water partition coefficient (Wildman–Crippen LogP) is 7.27. The number of carbonyl (C=O) groups is 1. The quantitative estimate of drug-likeness (QED) is 0.241. The molecule has 6 rings (SSSR count). The third-order valence-electron chi connectivity index (χ3n) is 7.02.